The van der Waals surface area contributed by atoms with Gasteiger partial charge in [0.05, 0.1) is 0 Å². The maximum Gasteiger partial charge on any atom is -1.00 e. The summed E-state index contributed by atoms with van der Waals surface area (Å²) in [6.07, 6.45) is 26.7. The van der Waals surface area contributed by atoms with E-state index in [1.807, 2.05) is 0 Å². The van der Waals surface area contributed by atoms with Crippen LogP contribution in [0.2, 0.25) is 0 Å². The number of halogens is 2. The van der Waals surface area contributed by atoms with Crippen molar-refractivity contribution in [1.82, 2.24) is 0 Å². The smallest absolute Gasteiger partial charge is 1.00 e. The van der Waals surface area contributed by atoms with Gasteiger partial charge in [-0.2, -0.15) is 34.4 Å². The molecule has 2 unspecified atom stereocenters. The van der Waals surface area contributed by atoms with Crippen LogP contribution in [-0.2, 0) is 23.9 Å². The molecule has 0 aromatic heterocycles. The maximum absolute atomic E-state index is 3.43. The minimum atomic E-state index is 0. The molecule has 0 aliphatic heterocycles. The monoisotopic (exact) mass is 730 g/mol. The Hall–Kier alpha value is -2.32. The Morgan fingerprint density at radius 3 is 1.35 bits per heavy atom. The summed E-state index contributed by atoms with van der Waals surface area (Å²) in [5.74, 6) is 0.956. The van der Waals surface area contributed by atoms with Gasteiger partial charge in [0, 0.05) is 0 Å². The molecule has 0 fully saturated rings. The molecule has 40 heavy (non-hydrogen) atoms. The molecule has 0 saturated heterocycles. The summed E-state index contributed by atoms with van der Waals surface area (Å²) in [5, 5.41) is 0. The molecule has 3 heteroatoms. The van der Waals surface area contributed by atoms with Crippen LogP contribution < -0.4 is 24.8 Å². The minimum Gasteiger partial charge on any atom is -1.00 e. The molecule has 2 aromatic carbocycles. The van der Waals surface area contributed by atoms with Crippen LogP contribution in [0.25, 0.3) is 0 Å². The zero-order chi connectivity index (χ0) is 26.9. The van der Waals surface area contributed by atoms with Crippen molar-refractivity contribution in [2.45, 2.75) is 52.4 Å². The first-order valence-electron chi connectivity index (χ1n) is 13.4. The predicted octanol–water partition coefficient (Wildman–Crippen LogP) is 3.45. The van der Waals surface area contributed by atoms with E-state index in [1.54, 1.807) is 3.26 Å². The second kappa shape index (κ2) is 16.8. The minimum absolute atomic E-state index is 0. The molecule has 0 N–H and O–H groups in total. The molecule has 2 aromatic rings. The fourth-order valence-corrected chi connectivity index (χ4v) is 5.13. The molecule has 0 bridgehead atoms. The zero-order valence-electron chi connectivity index (χ0n) is 23.7. The standard InChI is InChI=1S/2C17H15.C3H6.2ClH.Hf/c2*1-13-11-15-9-5-6-10-16(17(15)12-13)14-7-3-2-4-8-14;1-3-2;;;/h2*2-9,12,16H,10H2,1H3;1-2H3;2*1H;/q2*-1;;;;+2/p-2. The van der Waals surface area contributed by atoms with E-state index < -0.39 is 0 Å². The van der Waals surface area contributed by atoms with Crippen molar-refractivity contribution >= 4 is 3.26 Å². The maximum atomic E-state index is 3.43. The molecule has 6 rings (SSSR count). The van der Waals surface area contributed by atoms with Gasteiger partial charge < -0.3 is 24.8 Å². The van der Waals surface area contributed by atoms with Gasteiger partial charge in [-0.15, -0.1) is 47.6 Å². The van der Waals surface area contributed by atoms with Crippen molar-refractivity contribution in [2.75, 3.05) is 0 Å². The van der Waals surface area contributed by atoms with Crippen molar-refractivity contribution in [2.24, 2.45) is 0 Å². The van der Waals surface area contributed by atoms with E-state index in [2.05, 4.69) is 149 Å². The van der Waals surface area contributed by atoms with Crippen molar-refractivity contribution in [1.29, 1.82) is 0 Å². The molecule has 4 aliphatic carbocycles. The molecule has 0 radical (unpaired) electrons. The fourth-order valence-electron chi connectivity index (χ4n) is 5.13. The molecule has 204 valence electrons. The van der Waals surface area contributed by atoms with Crippen LogP contribution in [0, 0.1) is 12.2 Å². The second-order valence-corrected chi connectivity index (χ2v) is 13.8. The quantitative estimate of drug-likeness (QED) is 0.329. The first-order valence-corrected chi connectivity index (χ1v) is 15.2. The largest absolute Gasteiger partial charge is 1.00 e. The van der Waals surface area contributed by atoms with Crippen LogP contribution in [0.5, 0.6) is 0 Å². The molecule has 0 spiro atoms. The number of allylic oxidation sites excluding steroid dienone is 16. The van der Waals surface area contributed by atoms with E-state index in [-0.39, 0.29) is 24.8 Å². The average Bonchev–Trinajstić information content (AvgIpc) is 3.31. The summed E-state index contributed by atoms with van der Waals surface area (Å²) >= 11 is 1.27. The van der Waals surface area contributed by atoms with Crippen LogP contribution in [0.3, 0.4) is 0 Å². The Bertz CT molecular complexity index is 1290. The summed E-state index contributed by atoms with van der Waals surface area (Å²) in [6.45, 7) is 8.53. The molecule has 0 amide bonds. The summed E-state index contributed by atoms with van der Waals surface area (Å²) in [5.41, 5.74) is 10.6. The summed E-state index contributed by atoms with van der Waals surface area (Å²) in [4.78, 5) is 0. The summed E-state index contributed by atoms with van der Waals surface area (Å²) < 4.78 is 1.56. The van der Waals surface area contributed by atoms with Gasteiger partial charge >= 0.3 is 41.0 Å². The van der Waals surface area contributed by atoms with E-state index in [4.69, 9.17) is 0 Å². The summed E-state index contributed by atoms with van der Waals surface area (Å²) in [7, 11) is 0. The third kappa shape index (κ3) is 9.37. The topological polar surface area (TPSA) is 0 Å². The number of hydrogen-bond acceptors (Lipinski definition) is 0. The number of hydrogen-bond donors (Lipinski definition) is 0. The molecule has 0 nitrogen and oxygen atoms in total. The normalized spacial score (nSPS) is 19.8. The van der Waals surface area contributed by atoms with E-state index in [0.29, 0.717) is 11.8 Å². The van der Waals surface area contributed by atoms with Crippen LogP contribution in [0.15, 0.2) is 143 Å². The fraction of sp³-hybridized carbons (Fsp3) is 0.216. The average molecular weight is 730 g/mol. The number of rotatable bonds is 2. The van der Waals surface area contributed by atoms with Gasteiger partial charge in [-0.3, -0.25) is 0 Å². The Labute approximate surface area is 268 Å². The third-order valence-corrected chi connectivity index (χ3v) is 6.73. The molecule has 4 aliphatic rings. The first-order chi connectivity index (χ1) is 18.4. The number of fused-ring (bicyclic) bond motifs is 2. The summed E-state index contributed by atoms with van der Waals surface area (Å²) in [6, 6.07) is 21.5. The van der Waals surface area contributed by atoms with Crippen LogP contribution >= 0.6 is 0 Å². The van der Waals surface area contributed by atoms with Gasteiger partial charge in [-0.25, -0.2) is 0 Å². The molecule has 0 heterocycles. The van der Waals surface area contributed by atoms with Gasteiger partial charge in [0.15, 0.2) is 0 Å². The SMILES string of the molecule is CC1=[C-]C2=CC=CCC(c3ccccc3)C2=C1.CC1=[C-]C2=CC=CCC(c3ccccc3)C2=C1.C[C](C)=[Hf+2].[Cl-].[Cl-]. The molecular formula is C37H36Cl2Hf-2. The van der Waals surface area contributed by atoms with Gasteiger partial charge in [0.2, 0.25) is 0 Å². The van der Waals surface area contributed by atoms with Gasteiger partial charge in [-0.1, -0.05) is 86.7 Å². The van der Waals surface area contributed by atoms with Crippen LogP contribution in [0.1, 0.15) is 63.5 Å². The van der Waals surface area contributed by atoms with Crippen molar-refractivity contribution in [3.05, 3.63) is 166 Å². The predicted molar refractivity (Wildman–Crippen MR) is 159 cm³/mol. The Kier molecular flexibility index (Phi) is 14.3. The van der Waals surface area contributed by atoms with Gasteiger partial charge in [0.1, 0.15) is 0 Å². The van der Waals surface area contributed by atoms with E-state index >= 15 is 0 Å². The van der Waals surface area contributed by atoms with Gasteiger partial charge in [0.25, 0.3) is 0 Å². The van der Waals surface area contributed by atoms with Gasteiger partial charge in [-0.05, 0) is 35.8 Å². The Morgan fingerprint density at radius 2 is 1.00 bits per heavy atom. The van der Waals surface area contributed by atoms with E-state index in [1.165, 1.54) is 68.5 Å². The van der Waals surface area contributed by atoms with Crippen LogP contribution in [0.4, 0.5) is 0 Å². The van der Waals surface area contributed by atoms with Crippen molar-refractivity contribution in [3.8, 4) is 0 Å². The second-order valence-electron chi connectivity index (χ2n) is 10.2. The van der Waals surface area contributed by atoms with E-state index in [0.717, 1.165) is 12.8 Å². The molecule has 0 saturated carbocycles. The zero-order valence-corrected chi connectivity index (χ0v) is 28.8. The Morgan fingerprint density at radius 1 is 0.650 bits per heavy atom. The molecule has 2 atom stereocenters. The number of benzene rings is 2. The molecular weight excluding hydrogens is 694 g/mol. The van der Waals surface area contributed by atoms with Crippen LogP contribution in [-0.4, -0.2) is 3.26 Å². The third-order valence-electron chi connectivity index (χ3n) is 6.73. The Balaban J connectivity index is 0.000000237. The van der Waals surface area contributed by atoms with E-state index in [9.17, 15) is 0 Å². The van der Waals surface area contributed by atoms with Crippen molar-refractivity contribution < 1.29 is 48.7 Å². The first kappa shape index (κ1) is 33.9. The van der Waals surface area contributed by atoms with Crippen molar-refractivity contribution in [3.63, 3.8) is 0 Å².